The van der Waals surface area contributed by atoms with Gasteiger partial charge in [0, 0.05) is 40.4 Å². The van der Waals surface area contributed by atoms with Crippen molar-refractivity contribution in [1.29, 1.82) is 0 Å². The highest BCUT2D eigenvalue weighted by Crippen LogP contribution is 2.37. The third-order valence-electron chi connectivity index (χ3n) is 5.08. The molecule has 27 heavy (non-hydrogen) atoms. The first-order valence-corrected chi connectivity index (χ1v) is 10.4. The van der Waals surface area contributed by atoms with Gasteiger partial charge in [-0.25, -0.2) is 0 Å². The molecule has 3 nitrogen and oxygen atoms in total. The molecule has 0 saturated carbocycles. The van der Waals surface area contributed by atoms with Gasteiger partial charge in [0.2, 0.25) is 0 Å². The Kier molecular flexibility index (Phi) is 6.69. The zero-order valence-electron chi connectivity index (χ0n) is 16.0. The third kappa shape index (κ3) is 4.26. The summed E-state index contributed by atoms with van der Waals surface area (Å²) in [5, 5.41) is 2.41. The number of H-pyrrole nitrogens is 1. The number of aromatic nitrogens is 1. The van der Waals surface area contributed by atoms with E-state index in [1.54, 1.807) is 0 Å². The van der Waals surface area contributed by atoms with Gasteiger partial charge in [0.05, 0.1) is 5.02 Å². The number of hydrogen-bond acceptors (Lipinski definition) is 2. The Balaban J connectivity index is 2.06. The lowest BCUT2D eigenvalue weighted by Gasteiger charge is -2.21. The van der Waals surface area contributed by atoms with Crippen LogP contribution in [-0.4, -0.2) is 24.6 Å². The van der Waals surface area contributed by atoms with Crippen LogP contribution in [0.15, 0.2) is 36.4 Å². The lowest BCUT2D eigenvalue weighted by Crippen LogP contribution is -2.21. The monoisotopic (exact) mass is 403 g/mol. The minimum atomic E-state index is 0.644. The molecule has 3 aromatic rings. The summed E-state index contributed by atoms with van der Waals surface area (Å²) in [6.45, 7) is 7.06. The number of aromatic amines is 1. The minimum Gasteiger partial charge on any atom is -0.372 e. The summed E-state index contributed by atoms with van der Waals surface area (Å²) in [4.78, 5) is 5.89. The predicted octanol–water partition coefficient (Wildman–Crippen LogP) is 6.27. The van der Waals surface area contributed by atoms with E-state index in [2.05, 4.69) is 48.0 Å². The molecule has 0 aliphatic rings. The van der Waals surface area contributed by atoms with Gasteiger partial charge in [0.1, 0.15) is 0 Å². The van der Waals surface area contributed by atoms with Crippen LogP contribution in [0.25, 0.3) is 22.2 Å². The highest BCUT2D eigenvalue weighted by Gasteiger charge is 2.16. The van der Waals surface area contributed by atoms with Crippen molar-refractivity contribution in [2.75, 3.05) is 24.5 Å². The van der Waals surface area contributed by atoms with E-state index in [-0.39, 0.29) is 0 Å². The van der Waals surface area contributed by atoms with Crippen LogP contribution in [0.1, 0.15) is 32.3 Å². The van der Waals surface area contributed by atoms with E-state index < -0.39 is 0 Å². The van der Waals surface area contributed by atoms with Crippen LogP contribution in [0, 0.1) is 0 Å². The number of rotatable bonds is 8. The van der Waals surface area contributed by atoms with Crippen molar-refractivity contribution >= 4 is 39.8 Å². The van der Waals surface area contributed by atoms with E-state index in [0.717, 1.165) is 54.5 Å². The SMILES string of the molecule is CCN(CC)c1ccc(-c2[nH]c3cc(Cl)cc(Cl)c3c2CCCCN)cc1. The fourth-order valence-electron chi connectivity index (χ4n) is 3.68. The zero-order chi connectivity index (χ0) is 19.4. The molecule has 0 saturated heterocycles. The lowest BCUT2D eigenvalue weighted by molar-refractivity contribution is 0.748. The summed E-state index contributed by atoms with van der Waals surface area (Å²) in [5.74, 6) is 0. The summed E-state index contributed by atoms with van der Waals surface area (Å²) < 4.78 is 0. The first-order valence-electron chi connectivity index (χ1n) is 9.64. The Morgan fingerprint density at radius 3 is 2.33 bits per heavy atom. The van der Waals surface area contributed by atoms with Crippen LogP contribution < -0.4 is 10.6 Å². The summed E-state index contributed by atoms with van der Waals surface area (Å²) in [6.07, 6.45) is 2.97. The van der Waals surface area contributed by atoms with Crippen LogP contribution in [0.4, 0.5) is 5.69 Å². The molecule has 2 aromatic carbocycles. The molecule has 5 heteroatoms. The second-order valence-electron chi connectivity index (χ2n) is 6.75. The number of fused-ring (bicyclic) bond motifs is 1. The molecule has 0 atom stereocenters. The van der Waals surface area contributed by atoms with Gasteiger partial charge in [-0.1, -0.05) is 35.3 Å². The fraction of sp³-hybridized carbons (Fsp3) is 0.364. The number of nitrogens with zero attached hydrogens (tertiary/aromatic N) is 1. The fourth-order valence-corrected chi connectivity index (χ4v) is 4.29. The summed E-state index contributed by atoms with van der Waals surface area (Å²) in [6, 6.07) is 12.5. The lowest BCUT2D eigenvalue weighted by atomic mass is 10.00. The Bertz CT molecular complexity index is 896. The molecule has 0 radical (unpaired) electrons. The second-order valence-corrected chi connectivity index (χ2v) is 7.60. The maximum atomic E-state index is 6.55. The highest BCUT2D eigenvalue weighted by molar-refractivity contribution is 6.39. The number of unbranched alkanes of at least 4 members (excludes halogenated alkanes) is 1. The molecule has 1 heterocycles. The van der Waals surface area contributed by atoms with Crippen molar-refractivity contribution < 1.29 is 0 Å². The van der Waals surface area contributed by atoms with Crippen molar-refractivity contribution in [2.24, 2.45) is 5.73 Å². The molecular formula is C22H27Cl2N3. The number of halogens is 2. The maximum absolute atomic E-state index is 6.55. The topological polar surface area (TPSA) is 45.0 Å². The van der Waals surface area contributed by atoms with Gasteiger partial charge in [0.15, 0.2) is 0 Å². The van der Waals surface area contributed by atoms with Crippen LogP contribution in [0.3, 0.4) is 0 Å². The number of anilines is 1. The predicted molar refractivity (Wildman–Crippen MR) is 119 cm³/mol. The van der Waals surface area contributed by atoms with E-state index in [1.165, 1.54) is 11.3 Å². The van der Waals surface area contributed by atoms with Crippen molar-refractivity contribution in [3.63, 3.8) is 0 Å². The van der Waals surface area contributed by atoms with E-state index >= 15 is 0 Å². The van der Waals surface area contributed by atoms with Crippen LogP contribution in [-0.2, 0) is 6.42 Å². The molecule has 0 fully saturated rings. The summed E-state index contributed by atoms with van der Waals surface area (Å²) >= 11 is 12.8. The third-order valence-corrected chi connectivity index (χ3v) is 5.60. The molecular weight excluding hydrogens is 377 g/mol. The quantitative estimate of drug-likeness (QED) is 0.435. The molecule has 0 amide bonds. The second kappa shape index (κ2) is 9.01. The van der Waals surface area contributed by atoms with Gasteiger partial charge >= 0.3 is 0 Å². The van der Waals surface area contributed by atoms with E-state index in [1.807, 2.05) is 12.1 Å². The first-order chi connectivity index (χ1) is 13.1. The van der Waals surface area contributed by atoms with Gasteiger partial charge in [-0.15, -0.1) is 0 Å². The normalized spacial score (nSPS) is 11.3. The van der Waals surface area contributed by atoms with Crippen molar-refractivity contribution in [3.05, 3.63) is 52.0 Å². The number of hydrogen-bond donors (Lipinski definition) is 2. The number of aryl methyl sites for hydroxylation is 1. The Labute approximate surface area is 171 Å². The van der Waals surface area contributed by atoms with Gasteiger partial charge in [-0.05, 0) is 75.0 Å². The van der Waals surface area contributed by atoms with Crippen LogP contribution >= 0.6 is 23.2 Å². The molecule has 0 unspecified atom stereocenters. The summed E-state index contributed by atoms with van der Waals surface area (Å²) in [5.41, 5.74) is 11.5. The smallest absolute Gasteiger partial charge is 0.0517 e. The van der Waals surface area contributed by atoms with Crippen molar-refractivity contribution in [2.45, 2.75) is 33.1 Å². The van der Waals surface area contributed by atoms with E-state index in [4.69, 9.17) is 28.9 Å². The Morgan fingerprint density at radius 2 is 1.70 bits per heavy atom. The zero-order valence-corrected chi connectivity index (χ0v) is 17.5. The standard InChI is InChI=1S/C22H27Cl2N3/c1-3-27(4-2)17-10-8-15(9-11-17)22-18(7-5-6-12-25)21-19(24)13-16(23)14-20(21)26-22/h8-11,13-14,26H,3-7,12,25H2,1-2H3. The molecule has 3 rings (SSSR count). The van der Waals surface area contributed by atoms with Gasteiger partial charge in [-0.3, -0.25) is 0 Å². The summed E-state index contributed by atoms with van der Waals surface area (Å²) in [7, 11) is 0. The van der Waals surface area contributed by atoms with Crippen molar-refractivity contribution in [1.82, 2.24) is 4.98 Å². The number of benzene rings is 2. The molecule has 0 aliphatic carbocycles. The first kappa shape index (κ1) is 20.1. The van der Waals surface area contributed by atoms with Gasteiger partial charge in [-0.2, -0.15) is 0 Å². The average Bonchev–Trinajstić information content (AvgIpc) is 3.02. The molecule has 1 aromatic heterocycles. The van der Waals surface area contributed by atoms with Crippen LogP contribution in [0.5, 0.6) is 0 Å². The van der Waals surface area contributed by atoms with Crippen molar-refractivity contribution in [3.8, 4) is 11.3 Å². The maximum Gasteiger partial charge on any atom is 0.0517 e. The van der Waals surface area contributed by atoms with Crippen LogP contribution in [0.2, 0.25) is 10.0 Å². The minimum absolute atomic E-state index is 0.644. The largest absolute Gasteiger partial charge is 0.372 e. The average molecular weight is 404 g/mol. The Morgan fingerprint density at radius 1 is 1.00 bits per heavy atom. The molecule has 3 N–H and O–H groups in total. The molecule has 0 spiro atoms. The van der Waals surface area contributed by atoms with Gasteiger partial charge in [0.25, 0.3) is 0 Å². The molecule has 144 valence electrons. The Hall–Kier alpha value is -1.68. The molecule has 0 bridgehead atoms. The number of nitrogens with one attached hydrogen (secondary N) is 1. The van der Waals surface area contributed by atoms with E-state index in [0.29, 0.717) is 16.6 Å². The highest BCUT2D eigenvalue weighted by atomic mass is 35.5. The van der Waals surface area contributed by atoms with E-state index in [9.17, 15) is 0 Å². The number of nitrogens with two attached hydrogens (primary N) is 1. The molecule has 0 aliphatic heterocycles. The van der Waals surface area contributed by atoms with Gasteiger partial charge < -0.3 is 15.6 Å².